The highest BCUT2D eigenvalue weighted by atomic mass is 79.9. The van der Waals surface area contributed by atoms with Crippen molar-refractivity contribution in [3.05, 3.63) is 34.3 Å². The van der Waals surface area contributed by atoms with Crippen LogP contribution in [-0.4, -0.2) is 19.2 Å². The third-order valence-corrected chi connectivity index (χ3v) is 3.86. The predicted octanol–water partition coefficient (Wildman–Crippen LogP) is 4.94. The van der Waals surface area contributed by atoms with Crippen LogP contribution in [0.4, 0.5) is 0 Å². The summed E-state index contributed by atoms with van der Waals surface area (Å²) in [5.74, 6) is 0. The normalized spacial score (nSPS) is 13.8. The van der Waals surface area contributed by atoms with Gasteiger partial charge in [-0.25, -0.2) is 0 Å². The molecule has 114 valence electrons. The quantitative estimate of drug-likeness (QED) is 0.758. The van der Waals surface area contributed by atoms with Crippen molar-refractivity contribution in [2.75, 3.05) is 13.2 Å². The van der Waals surface area contributed by atoms with E-state index in [4.69, 9.17) is 4.74 Å². The molecule has 0 aliphatic heterocycles. The van der Waals surface area contributed by atoms with Crippen molar-refractivity contribution in [1.82, 2.24) is 5.32 Å². The minimum Gasteiger partial charge on any atom is -0.372 e. The molecule has 0 saturated heterocycles. The number of rotatable bonds is 7. The summed E-state index contributed by atoms with van der Waals surface area (Å²) in [5.41, 5.74) is 1.53. The fourth-order valence-electron chi connectivity index (χ4n) is 1.84. The van der Waals surface area contributed by atoms with Crippen molar-refractivity contribution in [3.63, 3.8) is 0 Å². The summed E-state index contributed by atoms with van der Waals surface area (Å²) in [6, 6.07) is 8.77. The molecule has 2 nitrogen and oxygen atoms in total. The summed E-state index contributed by atoms with van der Waals surface area (Å²) in [6.07, 6.45) is 1.16. The maximum absolute atomic E-state index is 6.14. The molecule has 0 spiro atoms. The molecule has 20 heavy (non-hydrogen) atoms. The zero-order valence-electron chi connectivity index (χ0n) is 13.4. The molecule has 0 bridgehead atoms. The molecule has 3 heteroatoms. The Kier molecular flexibility index (Phi) is 7.21. The van der Waals surface area contributed by atoms with Gasteiger partial charge in [0.15, 0.2) is 0 Å². The maximum atomic E-state index is 6.14. The van der Waals surface area contributed by atoms with Crippen molar-refractivity contribution in [2.45, 2.75) is 53.2 Å². The summed E-state index contributed by atoms with van der Waals surface area (Å²) >= 11 is 3.63. The highest BCUT2D eigenvalue weighted by Gasteiger charge is 2.17. The summed E-state index contributed by atoms with van der Waals surface area (Å²) in [6.45, 7) is 12.7. The van der Waals surface area contributed by atoms with E-state index >= 15 is 0 Å². The lowest BCUT2D eigenvalue weighted by Gasteiger charge is -2.24. The second-order valence-corrected chi connectivity index (χ2v) is 7.61. The lowest BCUT2D eigenvalue weighted by atomic mass is 9.93. The fraction of sp³-hybridized carbons (Fsp3) is 0.647. The number of benzene rings is 1. The van der Waals surface area contributed by atoms with Crippen LogP contribution in [0.25, 0.3) is 0 Å². The lowest BCUT2D eigenvalue weighted by Crippen LogP contribution is -2.29. The molecule has 0 radical (unpaired) electrons. The first-order chi connectivity index (χ1) is 9.29. The van der Waals surface area contributed by atoms with E-state index in [0.717, 1.165) is 24.0 Å². The number of ether oxygens (including phenoxy) is 1. The molecule has 0 fully saturated rings. The van der Waals surface area contributed by atoms with Gasteiger partial charge in [0.2, 0.25) is 0 Å². The van der Waals surface area contributed by atoms with Crippen LogP contribution in [0.3, 0.4) is 0 Å². The molecule has 1 aromatic carbocycles. The maximum Gasteiger partial charge on any atom is 0.0960 e. The van der Waals surface area contributed by atoms with Crippen LogP contribution in [-0.2, 0) is 4.74 Å². The number of nitrogens with one attached hydrogen (secondary N) is 1. The summed E-state index contributed by atoms with van der Waals surface area (Å²) in [5, 5.41) is 3.47. The highest BCUT2D eigenvalue weighted by molar-refractivity contribution is 9.10. The Balaban J connectivity index is 2.68. The predicted molar refractivity (Wildman–Crippen MR) is 90.0 cm³/mol. The van der Waals surface area contributed by atoms with Crippen LogP contribution in [0.5, 0.6) is 0 Å². The average molecular weight is 342 g/mol. The first kappa shape index (κ1) is 17.7. The van der Waals surface area contributed by atoms with Crippen molar-refractivity contribution in [2.24, 2.45) is 5.41 Å². The Morgan fingerprint density at radius 2 is 1.85 bits per heavy atom. The number of hydrogen-bond acceptors (Lipinski definition) is 2. The highest BCUT2D eigenvalue weighted by Crippen LogP contribution is 2.27. The van der Waals surface area contributed by atoms with E-state index in [1.165, 1.54) is 5.56 Å². The molecule has 0 heterocycles. The van der Waals surface area contributed by atoms with Crippen LogP contribution in [0, 0.1) is 5.41 Å². The summed E-state index contributed by atoms with van der Waals surface area (Å²) in [4.78, 5) is 0. The van der Waals surface area contributed by atoms with E-state index in [-0.39, 0.29) is 6.10 Å². The van der Waals surface area contributed by atoms with Gasteiger partial charge in [0.1, 0.15) is 0 Å². The van der Waals surface area contributed by atoms with Gasteiger partial charge in [-0.15, -0.1) is 0 Å². The van der Waals surface area contributed by atoms with Gasteiger partial charge in [-0.2, -0.15) is 0 Å². The second kappa shape index (κ2) is 8.16. The molecular formula is C17H28BrNO. The zero-order chi connectivity index (χ0) is 15.2. The van der Waals surface area contributed by atoms with E-state index in [1.54, 1.807) is 0 Å². The van der Waals surface area contributed by atoms with Crippen molar-refractivity contribution < 1.29 is 4.74 Å². The third kappa shape index (κ3) is 6.87. The standard InChI is InChI=1S/C17H28BrNO/c1-13(2)19-12-16(20-11-10-17(3,4)5)14-8-6-7-9-15(14)18/h6-9,13,16,19H,10-12H2,1-5H3. The van der Waals surface area contributed by atoms with Crippen molar-refractivity contribution in [3.8, 4) is 0 Å². The lowest BCUT2D eigenvalue weighted by molar-refractivity contribution is 0.0354. The van der Waals surface area contributed by atoms with Gasteiger partial charge in [-0.05, 0) is 23.5 Å². The molecule has 0 saturated carbocycles. The van der Waals surface area contributed by atoms with E-state index < -0.39 is 0 Å². The molecular weight excluding hydrogens is 314 g/mol. The van der Waals surface area contributed by atoms with Gasteiger partial charge in [-0.1, -0.05) is 68.7 Å². The van der Waals surface area contributed by atoms with E-state index in [0.29, 0.717) is 11.5 Å². The van der Waals surface area contributed by atoms with Gasteiger partial charge >= 0.3 is 0 Å². The minimum absolute atomic E-state index is 0.0929. The Labute approximate surface area is 132 Å². The molecule has 0 aliphatic rings. The Bertz CT molecular complexity index is 398. The monoisotopic (exact) mass is 341 g/mol. The van der Waals surface area contributed by atoms with E-state index in [2.05, 4.69) is 74.1 Å². The Hall–Kier alpha value is -0.380. The van der Waals surface area contributed by atoms with Gasteiger partial charge in [0.05, 0.1) is 6.10 Å². The van der Waals surface area contributed by atoms with E-state index in [9.17, 15) is 0 Å². The van der Waals surface area contributed by atoms with Crippen molar-refractivity contribution in [1.29, 1.82) is 0 Å². The number of hydrogen-bond donors (Lipinski definition) is 1. The molecule has 1 aromatic rings. The minimum atomic E-state index is 0.0929. The molecule has 0 amide bonds. The zero-order valence-corrected chi connectivity index (χ0v) is 15.0. The first-order valence-electron chi connectivity index (χ1n) is 7.39. The van der Waals surface area contributed by atoms with Crippen molar-refractivity contribution >= 4 is 15.9 Å². The van der Waals surface area contributed by atoms with Gasteiger partial charge in [0, 0.05) is 23.7 Å². The molecule has 1 N–H and O–H groups in total. The molecule has 1 rings (SSSR count). The topological polar surface area (TPSA) is 21.3 Å². The largest absolute Gasteiger partial charge is 0.372 e. The summed E-state index contributed by atoms with van der Waals surface area (Å²) in [7, 11) is 0. The van der Waals surface area contributed by atoms with Gasteiger partial charge in [0.25, 0.3) is 0 Å². The SMILES string of the molecule is CC(C)NCC(OCCC(C)(C)C)c1ccccc1Br. The van der Waals surface area contributed by atoms with Crippen LogP contribution >= 0.6 is 15.9 Å². The fourth-order valence-corrected chi connectivity index (χ4v) is 2.39. The van der Waals surface area contributed by atoms with Crippen LogP contribution in [0.15, 0.2) is 28.7 Å². The molecule has 0 aromatic heterocycles. The third-order valence-electron chi connectivity index (χ3n) is 3.13. The Morgan fingerprint density at radius 3 is 2.40 bits per heavy atom. The number of halogens is 1. The van der Waals surface area contributed by atoms with Gasteiger partial charge < -0.3 is 10.1 Å². The molecule has 1 atom stereocenters. The van der Waals surface area contributed by atoms with Crippen LogP contribution < -0.4 is 5.32 Å². The molecule has 1 unspecified atom stereocenters. The van der Waals surface area contributed by atoms with E-state index in [1.807, 2.05) is 6.07 Å². The Morgan fingerprint density at radius 1 is 1.20 bits per heavy atom. The van der Waals surface area contributed by atoms with Crippen LogP contribution in [0.1, 0.15) is 52.7 Å². The smallest absolute Gasteiger partial charge is 0.0960 e. The first-order valence-corrected chi connectivity index (χ1v) is 8.18. The second-order valence-electron chi connectivity index (χ2n) is 6.75. The van der Waals surface area contributed by atoms with Crippen LogP contribution in [0.2, 0.25) is 0 Å². The average Bonchev–Trinajstić information content (AvgIpc) is 2.33. The molecule has 0 aliphatic carbocycles. The summed E-state index contributed by atoms with van der Waals surface area (Å²) < 4.78 is 7.26. The van der Waals surface area contributed by atoms with Gasteiger partial charge in [-0.3, -0.25) is 0 Å².